The minimum absolute atomic E-state index is 0.197. The van der Waals surface area contributed by atoms with E-state index in [1.54, 1.807) is 18.2 Å². The van der Waals surface area contributed by atoms with Gasteiger partial charge < -0.3 is 14.7 Å². The number of piperidine rings is 1. The van der Waals surface area contributed by atoms with Crippen LogP contribution in [0.4, 0.5) is 0 Å². The van der Waals surface area contributed by atoms with Crippen LogP contribution >= 0.6 is 0 Å². The smallest absolute Gasteiger partial charge is 0.240 e. The molecule has 0 saturated carbocycles. The predicted molar refractivity (Wildman–Crippen MR) is 91.1 cm³/mol. The van der Waals surface area contributed by atoms with Gasteiger partial charge in [0.05, 0.1) is 29.8 Å². The number of ether oxygens (including phenoxy) is 1. The van der Waals surface area contributed by atoms with E-state index in [-0.39, 0.29) is 17.6 Å². The summed E-state index contributed by atoms with van der Waals surface area (Å²) in [6.07, 6.45) is 1.14. The van der Waals surface area contributed by atoms with Crippen LogP contribution in [0.2, 0.25) is 0 Å². The molecule has 2 heterocycles. The average Bonchev–Trinajstić information content (AvgIpc) is 2.90. The highest BCUT2D eigenvalue weighted by molar-refractivity contribution is 7.89. The number of sulfonamides is 1. The summed E-state index contributed by atoms with van der Waals surface area (Å²) < 4.78 is 33.0. The normalized spacial score (nSPS) is 29.8. The molecule has 24 heavy (non-hydrogen) atoms. The quantitative estimate of drug-likeness (QED) is 0.819. The Balaban J connectivity index is 1.57. The first-order valence-electron chi connectivity index (χ1n) is 8.55. The Kier molecular flexibility index (Phi) is 5.56. The summed E-state index contributed by atoms with van der Waals surface area (Å²) in [6, 6.07) is 7.59. The van der Waals surface area contributed by atoms with E-state index in [0.29, 0.717) is 6.54 Å². The Bertz CT molecular complexity index is 629. The van der Waals surface area contributed by atoms with Gasteiger partial charge in [0.15, 0.2) is 0 Å². The van der Waals surface area contributed by atoms with Gasteiger partial charge in [-0.05, 0) is 44.0 Å². The second-order valence-corrected chi connectivity index (χ2v) is 8.60. The van der Waals surface area contributed by atoms with Crippen molar-refractivity contribution in [2.75, 3.05) is 26.2 Å². The molecular formula is C17H26N2O4S. The van der Waals surface area contributed by atoms with Crippen LogP contribution in [0, 0.1) is 5.92 Å². The van der Waals surface area contributed by atoms with Crippen molar-refractivity contribution in [3.63, 3.8) is 0 Å². The van der Waals surface area contributed by atoms with Crippen molar-refractivity contribution in [2.45, 2.75) is 42.9 Å². The van der Waals surface area contributed by atoms with Crippen molar-refractivity contribution in [1.29, 1.82) is 0 Å². The average molecular weight is 354 g/mol. The zero-order chi connectivity index (χ0) is 17.2. The van der Waals surface area contributed by atoms with Gasteiger partial charge in [-0.25, -0.2) is 13.1 Å². The largest absolute Gasteiger partial charge is 0.389 e. The molecule has 6 nitrogen and oxygen atoms in total. The van der Waals surface area contributed by atoms with Gasteiger partial charge in [-0.1, -0.05) is 25.1 Å². The standard InChI is InChI=1S/C17H26N2O4S/c1-13-7-9-19(10-8-13)11-16-17(20)15(12-23-16)18-24(21,22)14-5-3-2-4-6-14/h2-6,13,15-18,20H,7-12H2,1H3. The molecule has 3 unspecified atom stereocenters. The molecule has 0 aliphatic carbocycles. The fourth-order valence-electron chi connectivity index (χ4n) is 3.31. The van der Waals surface area contributed by atoms with Crippen LogP contribution in [0.15, 0.2) is 35.2 Å². The highest BCUT2D eigenvalue weighted by atomic mass is 32.2. The highest BCUT2D eigenvalue weighted by Gasteiger charge is 2.39. The Morgan fingerprint density at radius 1 is 1.25 bits per heavy atom. The molecule has 0 bridgehead atoms. The number of hydrogen-bond acceptors (Lipinski definition) is 5. The summed E-state index contributed by atoms with van der Waals surface area (Å²) >= 11 is 0. The molecular weight excluding hydrogens is 328 g/mol. The Morgan fingerprint density at radius 3 is 2.58 bits per heavy atom. The first kappa shape index (κ1) is 17.8. The van der Waals surface area contributed by atoms with Crippen LogP contribution < -0.4 is 4.72 Å². The molecule has 0 amide bonds. The van der Waals surface area contributed by atoms with E-state index in [2.05, 4.69) is 16.5 Å². The van der Waals surface area contributed by atoms with E-state index in [4.69, 9.17) is 4.74 Å². The van der Waals surface area contributed by atoms with Gasteiger partial charge in [0.2, 0.25) is 10.0 Å². The molecule has 1 aromatic rings. The lowest BCUT2D eigenvalue weighted by Crippen LogP contribution is -2.47. The second kappa shape index (κ2) is 7.49. The zero-order valence-corrected chi connectivity index (χ0v) is 14.8. The summed E-state index contributed by atoms with van der Waals surface area (Å²) in [5.74, 6) is 0.751. The summed E-state index contributed by atoms with van der Waals surface area (Å²) in [6.45, 7) is 5.12. The van der Waals surface area contributed by atoms with Gasteiger partial charge in [0.1, 0.15) is 0 Å². The van der Waals surface area contributed by atoms with Gasteiger partial charge in [-0.15, -0.1) is 0 Å². The lowest BCUT2D eigenvalue weighted by Gasteiger charge is -2.32. The number of likely N-dealkylation sites (tertiary alicyclic amines) is 1. The molecule has 0 spiro atoms. The minimum atomic E-state index is -3.64. The number of nitrogens with zero attached hydrogens (tertiary/aromatic N) is 1. The van der Waals surface area contributed by atoms with Crippen molar-refractivity contribution in [3.05, 3.63) is 30.3 Å². The zero-order valence-electron chi connectivity index (χ0n) is 14.0. The molecule has 0 aromatic heterocycles. The third kappa shape index (κ3) is 4.15. The minimum Gasteiger partial charge on any atom is -0.389 e. The maximum atomic E-state index is 12.4. The fraction of sp³-hybridized carbons (Fsp3) is 0.647. The number of benzene rings is 1. The van der Waals surface area contributed by atoms with Crippen LogP contribution in [-0.2, 0) is 14.8 Å². The Hall–Kier alpha value is -0.990. The van der Waals surface area contributed by atoms with E-state index in [1.165, 1.54) is 12.1 Å². The maximum Gasteiger partial charge on any atom is 0.240 e. The van der Waals surface area contributed by atoms with Gasteiger partial charge >= 0.3 is 0 Å². The van der Waals surface area contributed by atoms with Crippen LogP contribution in [0.3, 0.4) is 0 Å². The van der Waals surface area contributed by atoms with Gasteiger partial charge in [-0.3, -0.25) is 0 Å². The summed E-state index contributed by atoms with van der Waals surface area (Å²) in [7, 11) is -3.64. The third-order valence-corrected chi connectivity index (χ3v) is 6.46. The van der Waals surface area contributed by atoms with Gasteiger partial charge in [-0.2, -0.15) is 0 Å². The molecule has 3 rings (SSSR count). The van der Waals surface area contributed by atoms with Crippen LogP contribution in [-0.4, -0.2) is 62.9 Å². The van der Waals surface area contributed by atoms with E-state index in [1.807, 2.05) is 0 Å². The lowest BCUT2D eigenvalue weighted by molar-refractivity contribution is 0.00897. The van der Waals surface area contributed by atoms with Crippen molar-refractivity contribution < 1.29 is 18.3 Å². The van der Waals surface area contributed by atoms with Crippen LogP contribution in [0.5, 0.6) is 0 Å². The highest BCUT2D eigenvalue weighted by Crippen LogP contribution is 2.21. The van der Waals surface area contributed by atoms with Crippen molar-refractivity contribution in [2.24, 2.45) is 5.92 Å². The first-order chi connectivity index (χ1) is 11.5. The van der Waals surface area contributed by atoms with Crippen molar-refractivity contribution in [1.82, 2.24) is 9.62 Å². The third-order valence-electron chi connectivity index (χ3n) is 4.96. The Labute approximate surface area is 143 Å². The topological polar surface area (TPSA) is 78.9 Å². The summed E-state index contributed by atoms with van der Waals surface area (Å²) in [4.78, 5) is 2.49. The SMILES string of the molecule is CC1CCN(CC2OCC(NS(=O)(=O)c3ccccc3)C2O)CC1. The monoisotopic (exact) mass is 354 g/mol. The van der Waals surface area contributed by atoms with E-state index < -0.39 is 22.2 Å². The number of nitrogens with one attached hydrogen (secondary N) is 1. The van der Waals surface area contributed by atoms with E-state index in [9.17, 15) is 13.5 Å². The molecule has 2 aliphatic heterocycles. The molecule has 2 N–H and O–H groups in total. The van der Waals surface area contributed by atoms with Gasteiger partial charge in [0.25, 0.3) is 0 Å². The molecule has 1 aromatic carbocycles. The molecule has 2 fully saturated rings. The van der Waals surface area contributed by atoms with E-state index in [0.717, 1.165) is 31.8 Å². The van der Waals surface area contributed by atoms with E-state index >= 15 is 0 Å². The molecule has 134 valence electrons. The Morgan fingerprint density at radius 2 is 1.92 bits per heavy atom. The van der Waals surface area contributed by atoms with Crippen LogP contribution in [0.25, 0.3) is 0 Å². The van der Waals surface area contributed by atoms with Crippen molar-refractivity contribution >= 4 is 10.0 Å². The maximum absolute atomic E-state index is 12.4. The molecule has 2 aliphatic rings. The summed E-state index contributed by atoms with van der Waals surface area (Å²) in [5.41, 5.74) is 0. The van der Waals surface area contributed by atoms with Crippen LogP contribution in [0.1, 0.15) is 19.8 Å². The fourth-order valence-corrected chi connectivity index (χ4v) is 4.57. The first-order valence-corrected chi connectivity index (χ1v) is 10.0. The van der Waals surface area contributed by atoms with Crippen molar-refractivity contribution in [3.8, 4) is 0 Å². The molecule has 2 saturated heterocycles. The van der Waals surface area contributed by atoms with Gasteiger partial charge in [0, 0.05) is 6.54 Å². The number of aliphatic hydroxyl groups is 1. The number of hydrogen-bond donors (Lipinski definition) is 2. The molecule has 3 atom stereocenters. The molecule has 0 radical (unpaired) electrons. The predicted octanol–water partition coefficient (Wildman–Crippen LogP) is 0.825. The number of aliphatic hydroxyl groups excluding tert-OH is 1. The summed E-state index contributed by atoms with van der Waals surface area (Å²) in [5, 5.41) is 10.5. The molecule has 7 heteroatoms. The lowest BCUT2D eigenvalue weighted by atomic mass is 9.98. The second-order valence-electron chi connectivity index (χ2n) is 6.89. The number of rotatable bonds is 5.